The zero-order chi connectivity index (χ0) is 22.5. The van der Waals surface area contributed by atoms with Gasteiger partial charge in [-0.1, -0.05) is 6.07 Å². The predicted octanol–water partition coefficient (Wildman–Crippen LogP) is 4.15. The Labute approximate surface area is 202 Å². The van der Waals surface area contributed by atoms with Gasteiger partial charge >= 0.3 is 0 Å². The molecule has 0 saturated heterocycles. The molecule has 0 atom stereocenters. The lowest BCUT2D eigenvalue weighted by molar-refractivity contribution is -0.118. The molecule has 2 aromatic carbocycles. The maximum atomic E-state index is 12.7. The largest absolute Gasteiger partial charge is 0.493 e. The van der Waals surface area contributed by atoms with E-state index in [9.17, 15) is 9.59 Å². The Morgan fingerprint density at radius 3 is 2.48 bits per heavy atom. The summed E-state index contributed by atoms with van der Waals surface area (Å²) in [5.74, 6) is 1.93. The summed E-state index contributed by atoms with van der Waals surface area (Å²) in [6.07, 6.45) is 5.49. The van der Waals surface area contributed by atoms with Gasteiger partial charge in [0.05, 0.1) is 19.9 Å². The van der Waals surface area contributed by atoms with Gasteiger partial charge in [-0.05, 0) is 86.1 Å². The molecule has 0 saturated carbocycles. The van der Waals surface area contributed by atoms with E-state index in [-0.39, 0.29) is 24.1 Å². The number of Topliss-reactive ketones (excluding diaryl/α,β-unsaturated/α-hetero) is 1. The lowest BCUT2D eigenvalue weighted by Crippen LogP contribution is -2.32. The Morgan fingerprint density at radius 2 is 1.73 bits per heavy atom. The highest BCUT2D eigenvalue weighted by atomic mass is 35.5. The number of nitrogens with zero attached hydrogens (tertiary/aromatic N) is 1. The van der Waals surface area contributed by atoms with Crippen LogP contribution in [-0.4, -0.2) is 45.5 Å². The maximum Gasteiger partial charge on any atom is 0.227 e. The molecule has 2 aromatic rings. The summed E-state index contributed by atoms with van der Waals surface area (Å²) >= 11 is 0. The Balaban J connectivity index is 0.00000306. The van der Waals surface area contributed by atoms with Gasteiger partial charge in [-0.25, -0.2) is 0 Å². The molecule has 2 aliphatic rings. The van der Waals surface area contributed by atoms with E-state index in [0.717, 1.165) is 80.1 Å². The highest BCUT2D eigenvalue weighted by molar-refractivity contribution is 6.02. The van der Waals surface area contributed by atoms with Crippen LogP contribution in [0.15, 0.2) is 30.3 Å². The van der Waals surface area contributed by atoms with Gasteiger partial charge in [0.25, 0.3) is 0 Å². The third-order valence-corrected chi connectivity index (χ3v) is 6.42. The molecule has 6 nitrogen and oxygen atoms in total. The van der Waals surface area contributed by atoms with Crippen LogP contribution in [0, 0.1) is 0 Å². The number of carbonyl (C=O) groups excluding carboxylic acids is 2. The van der Waals surface area contributed by atoms with Gasteiger partial charge in [0.1, 0.15) is 0 Å². The first kappa shape index (κ1) is 25.1. The molecule has 0 radical (unpaired) electrons. The molecule has 1 amide bonds. The van der Waals surface area contributed by atoms with Crippen LogP contribution in [0.5, 0.6) is 11.5 Å². The van der Waals surface area contributed by atoms with E-state index < -0.39 is 0 Å². The molecule has 0 unspecified atom stereocenters. The number of amides is 1. The second-order valence-electron chi connectivity index (χ2n) is 8.51. The van der Waals surface area contributed by atoms with Crippen LogP contribution in [0.25, 0.3) is 0 Å². The Hall–Kier alpha value is -2.57. The molecule has 33 heavy (non-hydrogen) atoms. The summed E-state index contributed by atoms with van der Waals surface area (Å²) in [5.41, 5.74) is 5.43. The van der Waals surface area contributed by atoms with Crippen molar-refractivity contribution >= 4 is 29.8 Å². The molecule has 0 spiro atoms. The Bertz CT molecular complexity index is 1010. The minimum atomic E-state index is 0. The highest BCUT2D eigenvalue weighted by Crippen LogP contribution is 2.37. The van der Waals surface area contributed by atoms with Crippen molar-refractivity contribution in [1.82, 2.24) is 5.32 Å². The van der Waals surface area contributed by atoms with Crippen molar-refractivity contribution in [2.75, 3.05) is 38.8 Å². The van der Waals surface area contributed by atoms with E-state index in [0.29, 0.717) is 12.8 Å². The van der Waals surface area contributed by atoms with E-state index in [1.165, 1.54) is 11.1 Å². The van der Waals surface area contributed by atoms with E-state index in [4.69, 9.17) is 9.47 Å². The molecule has 0 aromatic heterocycles. The summed E-state index contributed by atoms with van der Waals surface area (Å²) in [7, 11) is 3.29. The number of aryl methyl sites for hydroxylation is 1. The van der Waals surface area contributed by atoms with E-state index >= 15 is 0 Å². The lowest BCUT2D eigenvalue weighted by Gasteiger charge is -2.25. The number of carbonyl (C=O) groups is 2. The molecular formula is C26H33ClN2O4. The van der Waals surface area contributed by atoms with Crippen LogP contribution in [0.1, 0.15) is 52.7 Å². The van der Waals surface area contributed by atoms with E-state index in [1.807, 2.05) is 29.2 Å². The first-order valence-electron chi connectivity index (χ1n) is 11.5. The average molecular weight is 473 g/mol. The second kappa shape index (κ2) is 11.5. The second-order valence-corrected chi connectivity index (χ2v) is 8.51. The van der Waals surface area contributed by atoms with Gasteiger partial charge in [0, 0.05) is 24.9 Å². The van der Waals surface area contributed by atoms with E-state index in [2.05, 4.69) is 11.4 Å². The van der Waals surface area contributed by atoms with Crippen molar-refractivity contribution in [3.05, 3.63) is 52.6 Å². The normalized spacial score (nSPS) is 14.0. The third-order valence-electron chi connectivity index (χ3n) is 6.42. The number of hydrogen-bond donors (Lipinski definition) is 1. The van der Waals surface area contributed by atoms with Crippen LogP contribution < -0.4 is 19.7 Å². The fourth-order valence-corrected chi connectivity index (χ4v) is 4.69. The Morgan fingerprint density at radius 1 is 0.970 bits per heavy atom. The summed E-state index contributed by atoms with van der Waals surface area (Å²) in [6, 6.07) is 10.0. The summed E-state index contributed by atoms with van der Waals surface area (Å²) in [4.78, 5) is 26.7. The number of ketones is 1. The fourth-order valence-electron chi connectivity index (χ4n) is 4.69. The lowest BCUT2D eigenvalue weighted by atomic mass is 9.94. The summed E-state index contributed by atoms with van der Waals surface area (Å²) in [5, 5.41) is 3.46. The summed E-state index contributed by atoms with van der Waals surface area (Å²) in [6.45, 7) is 2.54. The number of hydrogen-bond acceptors (Lipinski definition) is 5. The minimum absolute atomic E-state index is 0. The number of benzene rings is 2. The van der Waals surface area contributed by atoms with Crippen molar-refractivity contribution in [1.29, 1.82) is 0 Å². The number of anilines is 1. The average Bonchev–Trinajstić information content (AvgIpc) is 3.25. The molecule has 2 aliphatic heterocycles. The van der Waals surface area contributed by atoms with Gasteiger partial charge in [0.15, 0.2) is 17.3 Å². The minimum Gasteiger partial charge on any atom is -0.493 e. The van der Waals surface area contributed by atoms with Gasteiger partial charge < -0.3 is 19.7 Å². The van der Waals surface area contributed by atoms with Gasteiger partial charge in [0.2, 0.25) is 5.91 Å². The molecule has 0 fully saturated rings. The van der Waals surface area contributed by atoms with E-state index in [1.54, 1.807) is 14.2 Å². The van der Waals surface area contributed by atoms with Gasteiger partial charge in [-0.2, -0.15) is 0 Å². The van der Waals surface area contributed by atoms with Crippen LogP contribution in [0.3, 0.4) is 0 Å². The maximum absolute atomic E-state index is 12.7. The zero-order valence-electron chi connectivity index (χ0n) is 19.4. The SMILES string of the molecule is COc1ccc(CCNCCCCC(=O)c2cc3c4c(c2)CCN4C(=O)CC3)cc1OC.Cl. The number of ether oxygens (including phenoxy) is 2. The Kier molecular flexibility index (Phi) is 8.75. The molecule has 178 valence electrons. The first-order chi connectivity index (χ1) is 15.6. The van der Waals surface area contributed by atoms with Crippen LogP contribution in [0.2, 0.25) is 0 Å². The molecule has 0 bridgehead atoms. The number of nitrogens with one attached hydrogen (secondary N) is 1. The number of unbranched alkanes of at least 4 members (excludes halogenated alkanes) is 1. The fraction of sp³-hybridized carbons (Fsp3) is 0.462. The number of methoxy groups -OCH3 is 2. The third kappa shape index (κ3) is 5.68. The number of rotatable bonds is 11. The molecular weight excluding hydrogens is 440 g/mol. The topological polar surface area (TPSA) is 67.9 Å². The molecule has 0 aliphatic carbocycles. The molecule has 1 N–H and O–H groups in total. The van der Waals surface area contributed by atoms with Crippen molar-refractivity contribution < 1.29 is 19.1 Å². The molecule has 4 rings (SSSR count). The van der Waals surface area contributed by atoms with Crippen LogP contribution >= 0.6 is 12.4 Å². The summed E-state index contributed by atoms with van der Waals surface area (Å²) < 4.78 is 10.6. The van der Waals surface area contributed by atoms with Crippen molar-refractivity contribution in [2.45, 2.75) is 44.9 Å². The monoisotopic (exact) mass is 472 g/mol. The molecule has 7 heteroatoms. The van der Waals surface area contributed by atoms with Crippen LogP contribution in [0.4, 0.5) is 5.69 Å². The van der Waals surface area contributed by atoms with Gasteiger partial charge in [-0.15, -0.1) is 12.4 Å². The van der Waals surface area contributed by atoms with Gasteiger partial charge in [-0.3, -0.25) is 9.59 Å². The number of halogens is 1. The smallest absolute Gasteiger partial charge is 0.227 e. The quantitative estimate of drug-likeness (QED) is 0.393. The van der Waals surface area contributed by atoms with Crippen molar-refractivity contribution in [2.24, 2.45) is 0 Å². The standard InChI is InChI=1S/C26H32N2O4.ClH/c1-31-23-8-6-18(15-24(23)32-2)10-13-27-12-4-3-5-22(29)21-16-19-7-9-25(30)28-14-11-20(17-21)26(19)28;/h6,8,15-17,27H,3-5,7,9-14H2,1-2H3;1H. The predicted molar refractivity (Wildman–Crippen MR) is 132 cm³/mol. The first-order valence-corrected chi connectivity index (χ1v) is 11.5. The van der Waals surface area contributed by atoms with Crippen molar-refractivity contribution in [3.63, 3.8) is 0 Å². The highest BCUT2D eigenvalue weighted by Gasteiger charge is 2.31. The van der Waals surface area contributed by atoms with Crippen molar-refractivity contribution in [3.8, 4) is 11.5 Å². The van der Waals surface area contributed by atoms with Crippen LogP contribution in [-0.2, 0) is 24.1 Å². The molecule has 2 heterocycles. The zero-order valence-corrected chi connectivity index (χ0v) is 20.3.